The SMILES string of the molecule is CCNC(=O)c1oc2c(OC)cccc2c1C. The first kappa shape index (κ1) is 11.5. The summed E-state index contributed by atoms with van der Waals surface area (Å²) in [6.07, 6.45) is 0. The van der Waals surface area contributed by atoms with Crippen molar-refractivity contribution >= 4 is 16.9 Å². The van der Waals surface area contributed by atoms with Crippen molar-refractivity contribution in [2.45, 2.75) is 13.8 Å². The van der Waals surface area contributed by atoms with Gasteiger partial charge >= 0.3 is 0 Å². The summed E-state index contributed by atoms with van der Waals surface area (Å²) < 4.78 is 10.8. The molecule has 1 aromatic carbocycles. The van der Waals surface area contributed by atoms with Crippen LogP contribution in [0.3, 0.4) is 0 Å². The molecule has 1 aromatic heterocycles. The number of aryl methyl sites for hydroxylation is 1. The second-order valence-corrected chi connectivity index (χ2v) is 3.75. The van der Waals surface area contributed by atoms with Crippen molar-refractivity contribution in [2.75, 3.05) is 13.7 Å². The summed E-state index contributed by atoms with van der Waals surface area (Å²) in [4.78, 5) is 11.8. The van der Waals surface area contributed by atoms with Crippen molar-refractivity contribution in [2.24, 2.45) is 0 Å². The van der Waals surface area contributed by atoms with E-state index in [4.69, 9.17) is 9.15 Å². The van der Waals surface area contributed by atoms with Crippen LogP contribution in [0.15, 0.2) is 22.6 Å². The number of carbonyl (C=O) groups is 1. The van der Waals surface area contributed by atoms with Crippen molar-refractivity contribution in [3.63, 3.8) is 0 Å². The zero-order chi connectivity index (χ0) is 12.4. The van der Waals surface area contributed by atoms with Gasteiger partial charge in [0.15, 0.2) is 17.1 Å². The van der Waals surface area contributed by atoms with Gasteiger partial charge in [0, 0.05) is 17.5 Å². The average molecular weight is 233 g/mol. The summed E-state index contributed by atoms with van der Waals surface area (Å²) in [7, 11) is 1.58. The number of nitrogens with one attached hydrogen (secondary N) is 1. The number of hydrogen-bond donors (Lipinski definition) is 1. The highest BCUT2D eigenvalue weighted by molar-refractivity contribution is 6.00. The highest BCUT2D eigenvalue weighted by Crippen LogP contribution is 2.32. The van der Waals surface area contributed by atoms with Gasteiger partial charge in [0.2, 0.25) is 0 Å². The van der Waals surface area contributed by atoms with Crippen molar-refractivity contribution in [3.05, 3.63) is 29.5 Å². The van der Waals surface area contributed by atoms with Gasteiger partial charge in [-0.3, -0.25) is 4.79 Å². The van der Waals surface area contributed by atoms with Crippen molar-refractivity contribution < 1.29 is 13.9 Å². The number of carbonyl (C=O) groups excluding carboxylic acids is 1. The molecule has 4 nitrogen and oxygen atoms in total. The van der Waals surface area contributed by atoms with E-state index in [0.717, 1.165) is 10.9 Å². The minimum atomic E-state index is -0.191. The predicted octanol–water partition coefficient (Wildman–Crippen LogP) is 2.50. The lowest BCUT2D eigenvalue weighted by Crippen LogP contribution is -2.22. The number of rotatable bonds is 3. The quantitative estimate of drug-likeness (QED) is 0.886. The Bertz CT molecular complexity index is 557. The van der Waals surface area contributed by atoms with Crippen LogP contribution in [-0.2, 0) is 0 Å². The Balaban J connectivity index is 2.60. The number of para-hydroxylation sites is 1. The Kier molecular flexibility index (Phi) is 3.04. The Morgan fingerprint density at radius 1 is 1.47 bits per heavy atom. The summed E-state index contributed by atoms with van der Waals surface area (Å²) in [5.41, 5.74) is 1.46. The van der Waals surface area contributed by atoms with E-state index in [2.05, 4.69) is 5.32 Å². The van der Waals surface area contributed by atoms with Crippen LogP contribution >= 0.6 is 0 Å². The lowest BCUT2D eigenvalue weighted by molar-refractivity contribution is 0.0929. The van der Waals surface area contributed by atoms with E-state index in [1.54, 1.807) is 7.11 Å². The van der Waals surface area contributed by atoms with E-state index in [-0.39, 0.29) is 5.91 Å². The third kappa shape index (κ3) is 1.86. The number of furan rings is 1. The number of hydrogen-bond acceptors (Lipinski definition) is 3. The minimum Gasteiger partial charge on any atom is -0.493 e. The Morgan fingerprint density at radius 2 is 2.24 bits per heavy atom. The molecule has 17 heavy (non-hydrogen) atoms. The first-order valence-electron chi connectivity index (χ1n) is 5.53. The molecule has 4 heteroatoms. The van der Waals surface area contributed by atoms with E-state index >= 15 is 0 Å². The Labute approximate surface area is 99.6 Å². The van der Waals surface area contributed by atoms with Gasteiger partial charge in [0.1, 0.15) is 0 Å². The number of fused-ring (bicyclic) bond motifs is 1. The fraction of sp³-hybridized carbons (Fsp3) is 0.308. The first-order valence-corrected chi connectivity index (χ1v) is 5.53. The molecule has 0 saturated heterocycles. The van der Waals surface area contributed by atoms with Crippen molar-refractivity contribution in [1.82, 2.24) is 5.32 Å². The van der Waals surface area contributed by atoms with Crippen LogP contribution in [0.1, 0.15) is 23.0 Å². The van der Waals surface area contributed by atoms with Crippen LogP contribution in [0.25, 0.3) is 11.0 Å². The van der Waals surface area contributed by atoms with Crippen LogP contribution in [0.4, 0.5) is 0 Å². The molecule has 0 fully saturated rings. The van der Waals surface area contributed by atoms with Gasteiger partial charge < -0.3 is 14.5 Å². The number of benzene rings is 1. The third-order valence-electron chi connectivity index (χ3n) is 2.69. The number of amides is 1. The van der Waals surface area contributed by atoms with Gasteiger partial charge in [0.05, 0.1) is 7.11 Å². The summed E-state index contributed by atoms with van der Waals surface area (Å²) in [6, 6.07) is 5.61. The van der Waals surface area contributed by atoms with Gasteiger partial charge in [-0.25, -0.2) is 0 Å². The second-order valence-electron chi connectivity index (χ2n) is 3.75. The van der Waals surface area contributed by atoms with Crippen LogP contribution in [0, 0.1) is 6.92 Å². The van der Waals surface area contributed by atoms with Gasteiger partial charge in [-0.15, -0.1) is 0 Å². The number of methoxy groups -OCH3 is 1. The monoisotopic (exact) mass is 233 g/mol. The molecule has 90 valence electrons. The number of ether oxygens (including phenoxy) is 1. The molecule has 0 radical (unpaired) electrons. The molecule has 0 saturated carbocycles. The molecule has 0 aliphatic heterocycles. The predicted molar refractivity (Wildman–Crippen MR) is 65.5 cm³/mol. The lowest BCUT2D eigenvalue weighted by atomic mass is 10.1. The molecule has 1 heterocycles. The zero-order valence-electron chi connectivity index (χ0n) is 10.2. The first-order chi connectivity index (χ1) is 8.19. The van der Waals surface area contributed by atoms with E-state index in [1.165, 1.54) is 0 Å². The van der Waals surface area contributed by atoms with Gasteiger partial charge in [-0.2, -0.15) is 0 Å². The van der Waals surface area contributed by atoms with Gasteiger partial charge in [0.25, 0.3) is 5.91 Å². The Morgan fingerprint density at radius 3 is 2.88 bits per heavy atom. The molecule has 1 N–H and O–H groups in total. The van der Waals surface area contributed by atoms with Crippen LogP contribution < -0.4 is 10.1 Å². The largest absolute Gasteiger partial charge is 0.493 e. The molecule has 2 rings (SSSR count). The van der Waals surface area contributed by atoms with Crippen LogP contribution in [0.5, 0.6) is 5.75 Å². The fourth-order valence-corrected chi connectivity index (χ4v) is 1.84. The molecular weight excluding hydrogens is 218 g/mol. The highest BCUT2D eigenvalue weighted by atomic mass is 16.5. The molecule has 0 atom stereocenters. The standard InChI is InChI=1S/C13H15NO3/c1-4-14-13(15)11-8(2)9-6-5-7-10(16-3)12(9)17-11/h5-7H,4H2,1-3H3,(H,14,15). The van der Waals surface area contributed by atoms with E-state index in [9.17, 15) is 4.79 Å². The summed E-state index contributed by atoms with van der Waals surface area (Å²) in [5, 5.41) is 3.64. The molecule has 2 aromatic rings. The van der Waals surface area contributed by atoms with Gasteiger partial charge in [-0.05, 0) is 19.9 Å². The molecule has 0 unspecified atom stereocenters. The maximum atomic E-state index is 11.8. The highest BCUT2D eigenvalue weighted by Gasteiger charge is 2.18. The third-order valence-corrected chi connectivity index (χ3v) is 2.69. The smallest absolute Gasteiger partial charge is 0.287 e. The summed E-state index contributed by atoms with van der Waals surface area (Å²) in [6.45, 7) is 4.32. The Hall–Kier alpha value is -1.97. The van der Waals surface area contributed by atoms with Crippen molar-refractivity contribution in [3.8, 4) is 5.75 Å². The van der Waals surface area contributed by atoms with E-state index in [1.807, 2.05) is 32.0 Å². The van der Waals surface area contributed by atoms with Gasteiger partial charge in [-0.1, -0.05) is 12.1 Å². The van der Waals surface area contributed by atoms with E-state index < -0.39 is 0 Å². The maximum absolute atomic E-state index is 11.8. The molecule has 0 aliphatic carbocycles. The molecule has 1 amide bonds. The topological polar surface area (TPSA) is 51.5 Å². The normalized spacial score (nSPS) is 10.5. The second kappa shape index (κ2) is 4.49. The van der Waals surface area contributed by atoms with Crippen molar-refractivity contribution in [1.29, 1.82) is 0 Å². The molecule has 0 bridgehead atoms. The average Bonchev–Trinajstić information content (AvgIpc) is 2.67. The zero-order valence-corrected chi connectivity index (χ0v) is 10.2. The minimum absolute atomic E-state index is 0.191. The maximum Gasteiger partial charge on any atom is 0.287 e. The lowest BCUT2D eigenvalue weighted by Gasteiger charge is -1.99. The molecule has 0 spiro atoms. The fourth-order valence-electron chi connectivity index (χ4n) is 1.84. The molecular formula is C13H15NO3. The van der Waals surface area contributed by atoms with Crippen LogP contribution in [0.2, 0.25) is 0 Å². The molecule has 0 aliphatic rings. The van der Waals surface area contributed by atoms with E-state index in [0.29, 0.717) is 23.6 Å². The summed E-state index contributed by atoms with van der Waals surface area (Å²) >= 11 is 0. The summed E-state index contributed by atoms with van der Waals surface area (Å²) in [5.74, 6) is 0.802. The van der Waals surface area contributed by atoms with Crippen LogP contribution in [-0.4, -0.2) is 19.6 Å².